The van der Waals surface area contributed by atoms with E-state index in [-0.39, 0.29) is 19.6 Å². The Morgan fingerprint density at radius 1 is 2.00 bits per heavy atom. The van der Waals surface area contributed by atoms with Crippen molar-refractivity contribution in [1.82, 2.24) is 5.31 Å². The second kappa shape index (κ2) is 4.55. The Hall–Kier alpha value is -0.610. The third-order valence-electron chi connectivity index (χ3n) is 0.575. The zero-order chi connectivity index (χ0) is 7.98. The van der Waals surface area contributed by atoms with E-state index in [2.05, 4.69) is 5.73 Å². The first-order valence-corrected chi connectivity index (χ1v) is 2.36. The van der Waals surface area contributed by atoms with Crippen LogP contribution >= 0.6 is 0 Å². The van der Waals surface area contributed by atoms with E-state index < -0.39 is 5.91 Å². The first-order valence-electron chi connectivity index (χ1n) is 3.31. The van der Waals surface area contributed by atoms with Gasteiger partial charge in [-0.3, -0.25) is 4.79 Å². The van der Waals surface area contributed by atoms with Gasteiger partial charge in [-0.2, -0.15) is 0 Å². The predicted molar refractivity (Wildman–Crippen MR) is 31.1 cm³/mol. The van der Waals surface area contributed by atoms with Gasteiger partial charge in [-0.1, -0.05) is 0 Å². The molecule has 0 heterocycles. The van der Waals surface area contributed by atoms with E-state index >= 15 is 0 Å². The predicted octanol–water partition coefficient (Wildman–Crippen LogP) is -1.98. The molecule has 0 aliphatic heterocycles. The van der Waals surface area contributed by atoms with Crippen molar-refractivity contribution < 1.29 is 7.62 Å². The van der Waals surface area contributed by atoms with Crippen molar-refractivity contribution in [2.45, 2.75) is 0 Å². The van der Waals surface area contributed by atoms with Crippen LogP contribution < -0.4 is 16.8 Å². The zero-order valence-electron chi connectivity index (χ0n) is 6.55. The smallest absolute Gasteiger partial charge is 0.233 e. The van der Waals surface area contributed by atoms with Gasteiger partial charge >= 0.3 is 0 Å². The summed E-state index contributed by atoms with van der Waals surface area (Å²) in [5.41, 5.74) is 7.04. The van der Waals surface area contributed by atoms with Gasteiger partial charge in [-0.05, 0) is 0 Å². The van der Waals surface area contributed by atoms with Gasteiger partial charge in [0.1, 0.15) is 1.41 Å². The van der Waals surface area contributed by atoms with Gasteiger partial charge < -0.3 is 16.8 Å². The lowest BCUT2D eigenvalue weighted by Crippen LogP contribution is -2.33. The van der Waals surface area contributed by atoms with Gasteiger partial charge in [0, 0.05) is 13.1 Å². The molecule has 0 rings (SSSR count). The third kappa shape index (κ3) is 3.58. The number of nitrogens with one attached hydrogen (secondary N) is 1. The fourth-order valence-corrected chi connectivity index (χ4v) is 0.245. The summed E-state index contributed by atoms with van der Waals surface area (Å²) in [6.07, 6.45) is 0. The van der Waals surface area contributed by atoms with Crippen molar-refractivity contribution in [3.8, 4) is 0 Å². The third-order valence-corrected chi connectivity index (χ3v) is 0.575. The lowest BCUT2D eigenvalue weighted by molar-refractivity contribution is -0.119. The van der Waals surface area contributed by atoms with Gasteiger partial charge in [-0.15, -0.1) is 0 Å². The quantitative estimate of drug-likeness (QED) is 0.401. The van der Waals surface area contributed by atoms with E-state index in [0.717, 1.165) is 5.31 Å². The molecule has 0 unspecified atom stereocenters. The monoisotopic (exact) mass is 119 g/mol. The van der Waals surface area contributed by atoms with Crippen molar-refractivity contribution in [1.29, 1.82) is 0 Å². The van der Waals surface area contributed by atoms with E-state index in [1.807, 2.05) is 0 Å². The lowest BCUT2D eigenvalue weighted by atomic mass is 10.5. The molecule has 0 aromatic heterocycles. The van der Waals surface area contributed by atoms with Gasteiger partial charge in [0.05, 0.1) is 6.54 Å². The summed E-state index contributed by atoms with van der Waals surface area (Å²) >= 11 is 0. The molecule has 0 aliphatic carbocycles. The molecule has 0 spiro atoms. The highest BCUT2D eigenvalue weighted by Gasteiger charge is 1.90. The molecule has 48 valence electrons. The van der Waals surface area contributed by atoms with Crippen LogP contribution in [0.5, 0.6) is 0 Å². The second-order valence-corrected chi connectivity index (χ2v) is 1.23. The summed E-state index contributed by atoms with van der Waals surface area (Å²) in [5, 5.41) is 0.738. The minimum atomic E-state index is -0.435. The molecule has 0 aliphatic rings. The minimum Gasteiger partial charge on any atom is -0.354 e. The van der Waals surface area contributed by atoms with Gasteiger partial charge in [0.2, 0.25) is 5.91 Å². The van der Waals surface area contributed by atoms with Crippen LogP contribution in [0, 0.1) is 0 Å². The fourth-order valence-electron chi connectivity index (χ4n) is 0.245. The zero-order valence-corrected chi connectivity index (χ0v) is 4.55. The Bertz CT molecular complexity index is 111. The highest BCUT2D eigenvalue weighted by molar-refractivity contribution is 5.77. The summed E-state index contributed by atoms with van der Waals surface area (Å²) in [6, 6.07) is 0. The fraction of sp³-hybridized carbons (Fsp3) is 0.750. The first kappa shape index (κ1) is 4.29. The molecular weight excluding hydrogens is 106 g/mol. The van der Waals surface area contributed by atoms with Gasteiger partial charge in [-0.25, -0.2) is 0 Å². The first-order chi connectivity index (χ1) is 4.72. The Labute approximate surface area is 51.2 Å². The molecular formula is C4H11N3O. The topological polar surface area (TPSA) is 81.1 Å². The minimum absolute atomic E-state index is 0.151. The summed E-state index contributed by atoms with van der Waals surface area (Å²) in [4.78, 5) is 10.5. The molecule has 1 amide bonds. The van der Waals surface area contributed by atoms with E-state index in [1.165, 1.54) is 0 Å². The number of nitrogens with two attached hydrogens (primary N) is 2. The Kier molecular flexibility index (Phi) is 2.44. The van der Waals surface area contributed by atoms with Crippen LogP contribution in [0.25, 0.3) is 0 Å². The summed E-state index contributed by atoms with van der Waals surface area (Å²) < 4.78 is 13.5. The molecule has 4 heteroatoms. The highest BCUT2D eigenvalue weighted by atomic mass is 16.1. The average Bonchev–Trinajstić information content (AvgIpc) is 1.98. The summed E-state index contributed by atoms with van der Waals surface area (Å²) in [5.74, 6) is -0.435. The normalized spacial score (nSPS) is 12.1. The maximum atomic E-state index is 10.5. The number of rotatable bonds is 4. The van der Waals surface area contributed by atoms with Crippen LogP contribution in [0.1, 0.15) is 0 Å². The largest absolute Gasteiger partial charge is 0.354 e. The van der Waals surface area contributed by atoms with Crippen LogP contribution in [0.4, 0.5) is 0 Å². The van der Waals surface area contributed by atoms with Crippen molar-refractivity contribution in [3.05, 3.63) is 0 Å². The van der Waals surface area contributed by atoms with Gasteiger partial charge in [0.15, 0.2) is 1.41 Å². The molecule has 0 fully saturated rings. The van der Waals surface area contributed by atoms with Crippen LogP contribution in [-0.2, 0) is 4.79 Å². The SMILES string of the molecule is [2H]NCCN([2H])C(=O)CN. The van der Waals surface area contributed by atoms with Crippen molar-refractivity contribution in [2.75, 3.05) is 19.6 Å². The lowest BCUT2D eigenvalue weighted by Gasteiger charge is -1.97. The number of amides is 1. The molecule has 0 bridgehead atoms. The average molecular weight is 119 g/mol. The molecule has 4 nitrogen and oxygen atoms in total. The molecule has 5 N–H and O–H groups in total. The van der Waals surface area contributed by atoms with E-state index in [0.29, 0.717) is 0 Å². The standard InChI is InChI=1S/C4H11N3O/c5-1-2-7-4(8)3-6/h1-3,5-6H2,(H,7,8)/i/hD2. The van der Waals surface area contributed by atoms with E-state index in [9.17, 15) is 4.79 Å². The van der Waals surface area contributed by atoms with Crippen LogP contribution in [0.3, 0.4) is 0 Å². The maximum absolute atomic E-state index is 10.5. The number of carbonyl (C=O) groups is 1. The summed E-state index contributed by atoms with van der Waals surface area (Å²) in [7, 11) is 0. The van der Waals surface area contributed by atoms with Crippen LogP contribution in [-0.4, -0.2) is 25.5 Å². The number of hydrogen-bond acceptors (Lipinski definition) is 3. The Morgan fingerprint density at radius 2 is 2.75 bits per heavy atom. The van der Waals surface area contributed by atoms with Crippen molar-refractivity contribution >= 4 is 5.91 Å². The molecule has 0 saturated carbocycles. The van der Waals surface area contributed by atoms with E-state index in [1.54, 1.807) is 0 Å². The maximum Gasteiger partial charge on any atom is 0.233 e. The Morgan fingerprint density at radius 3 is 3.25 bits per heavy atom. The molecule has 0 saturated heterocycles. The molecule has 0 atom stereocenters. The molecule has 0 aromatic carbocycles. The van der Waals surface area contributed by atoms with Crippen molar-refractivity contribution in [3.63, 3.8) is 0 Å². The number of hydrogen-bond donors (Lipinski definition) is 3. The Balaban J connectivity index is 3.41. The number of carbonyl (C=O) groups excluding carboxylic acids is 1. The second-order valence-electron chi connectivity index (χ2n) is 1.23. The highest BCUT2D eigenvalue weighted by Crippen LogP contribution is 1.55. The molecule has 0 aromatic rings. The van der Waals surface area contributed by atoms with Crippen molar-refractivity contribution in [2.24, 2.45) is 11.5 Å². The van der Waals surface area contributed by atoms with E-state index in [4.69, 9.17) is 8.56 Å². The molecule has 0 radical (unpaired) electrons. The summed E-state index contributed by atoms with van der Waals surface area (Å²) in [6.45, 7) is 0.330. The van der Waals surface area contributed by atoms with Gasteiger partial charge in [0.25, 0.3) is 0 Å². The molecule has 8 heavy (non-hydrogen) atoms. The van der Waals surface area contributed by atoms with Crippen LogP contribution in [0.2, 0.25) is 2.82 Å². The van der Waals surface area contributed by atoms with Crippen LogP contribution in [0.15, 0.2) is 0 Å².